The van der Waals surface area contributed by atoms with Gasteiger partial charge in [0.05, 0.1) is 0 Å². The smallest absolute Gasteiger partial charge is 0.206 e. The summed E-state index contributed by atoms with van der Waals surface area (Å²) in [5, 5.41) is 0.710. The summed E-state index contributed by atoms with van der Waals surface area (Å²) in [4.78, 5) is 10.0. The molecule has 1 aliphatic carbocycles. The van der Waals surface area contributed by atoms with Crippen LogP contribution in [0.25, 0.3) is 0 Å². The molecular weight excluding hydrogens is 136 g/mol. The molecule has 0 aliphatic heterocycles. The van der Waals surface area contributed by atoms with Crippen LogP contribution in [0.2, 0.25) is 0 Å². The van der Waals surface area contributed by atoms with Gasteiger partial charge in [-0.25, -0.2) is 0 Å². The van der Waals surface area contributed by atoms with Crippen molar-refractivity contribution in [3.63, 3.8) is 0 Å². The van der Waals surface area contributed by atoms with E-state index in [9.17, 15) is 4.79 Å². The Morgan fingerprint density at radius 2 is 2.56 bits per heavy atom. The number of hydrogen-bond donors (Lipinski definition) is 0. The molecule has 0 aromatic heterocycles. The van der Waals surface area contributed by atoms with Crippen LogP contribution in [0.1, 0.15) is 6.42 Å². The zero-order valence-electron chi connectivity index (χ0n) is 4.80. The summed E-state index contributed by atoms with van der Waals surface area (Å²) in [7, 11) is 0. The molecule has 0 spiro atoms. The van der Waals surface area contributed by atoms with Gasteiger partial charge in [0.25, 0.3) is 0 Å². The van der Waals surface area contributed by atoms with Crippen LogP contribution in [0.3, 0.4) is 0 Å². The summed E-state index contributed by atoms with van der Waals surface area (Å²) >= 11 is 5.58. The molecule has 0 aromatic rings. The normalized spacial score (nSPS) is 25.4. The van der Waals surface area contributed by atoms with E-state index in [4.69, 9.17) is 11.6 Å². The van der Waals surface area contributed by atoms with Gasteiger partial charge in [-0.05, 0) is 12.5 Å². The summed E-state index contributed by atoms with van der Waals surface area (Å²) in [5.41, 5.74) is 0. The Bertz CT molecular complexity index is 170. The fourth-order valence-corrected chi connectivity index (χ4v) is 0.843. The van der Waals surface area contributed by atoms with Gasteiger partial charge >= 0.3 is 0 Å². The molecule has 0 saturated carbocycles. The Morgan fingerprint density at radius 3 is 3.00 bits per heavy atom. The Kier molecular flexibility index (Phi) is 2.06. The van der Waals surface area contributed by atoms with Gasteiger partial charge in [0, 0.05) is 11.0 Å². The first kappa shape index (κ1) is 6.56. The van der Waals surface area contributed by atoms with E-state index >= 15 is 0 Å². The van der Waals surface area contributed by atoms with Crippen LogP contribution in [-0.4, -0.2) is 6.29 Å². The van der Waals surface area contributed by atoms with E-state index in [1.807, 2.05) is 12.4 Å². The number of rotatable bonds is 1. The van der Waals surface area contributed by atoms with Crippen molar-refractivity contribution < 1.29 is 4.79 Å². The maximum absolute atomic E-state index is 10.0. The highest BCUT2D eigenvalue weighted by Gasteiger charge is 2.05. The second-order valence-electron chi connectivity index (χ2n) is 1.91. The van der Waals surface area contributed by atoms with Crippen LogP contribution in [-0.2, 0) is 4.79 Å². The molecule has 0 N–H and O–H groups in total. The van der Waals surface area contributed by atoms with E-state index < -0.39 is 0 Å². The van der Waals surface area contributed by atoms with Crippen LogP contribution >= 0.6 is 11.6 Å². The Labute approximate surface area is 59.0 Å². The minimum atomic E-state index is -0.0764. The fourth-order valence-electron chi connectivity index (χ4n) is 0.682. The van der Waals surface area contributed by atoms with Crippen molar-refractivity contribution in [3.05, 3.63) is 23.3 Å². The van der Waals surface area contributed by atoms with Gasteiger partial charge in [0.15, 0.2) is 0 Å². The largest absolute Gasteiger partial charge is 0.290 e. The zero-order valence-corrected chi connectivity index (χ0v) is 5.56. The Morgan fingerprint density at radius 1 is 1.78 bits per heavy atom. The predicted octanol–water partition coefficient (Wildman–Crippen LogP) is 1.79. The van der Waals surface area contributed by atoms with Crippen molar-refractivity contribution in [2.45, 2.75) is 6.42 Å². The third-order valence-corrected chi connectivity index (χ3v) is 1.49. The molecular formula is C7H6ClO. The van der Waals surface area contributed by atoms with Crippen LogP contribution in [0, 0.1) is 5.92 Å². The highest BCUT2D eigenvalue weighted by molar-refractivity contribution is 6.31. The quantitative estimate of drug-likeness (QED) is 0.544. The number of allylic oxidation sites excluding steroid dienone is 4. The molecule has 1 aliphatic rings. The third kappa shape index (κ3) is 1.68. The molecule has 0 saturated heterocycles. The van der Waals surface area contributed by atoms with Gasteiger partial charge in [-0.3, -0.25) is 4.79 Å². The molecule has 1 atom stereocenters. The van der Waals surface area contributed by atoms with E-state index in [0.29, 0.717) is 11.5 Å². The second-order valence-corrected chi connectivity index (χ2v) is 2.34. The molecule has 47 valence electrons. The first-order chi connectivity index (χ1) is 4.33. The Balaban J connectivity index is 2.58. The maximum atomic E-state index is 10.0. The van der Waals surface area contributed by atoms with Crippen molar-refractivity contribution in [2.24, 2.45) is 5.92 Å². The molecule has 0 aromatic carbocycles. The molecule has 1 radical (unpaired) electrons. The fraction of sp³-hybridized carbons (Fsp3) is 0.286. The first-order valence-corrected chi connectivity index (χ1v) is 3.12. The van der Waals surface area contributed by atoms with Gasteiger partial charge in [-0.15, -0.1) is 0 Å². The summed E-state index contributed by atoms with van der Waals surface area (Å²) in [6.45, 7) is 0. The third-order valence-electron chi connectivity index (χ3n) is 1.21. The van der Waals surface area contributed by atoms with Crippen molar-refractivity contribution in [1.29, 1.82) is 0 Å². The molecule has 1 unspecified atom stereocenters. The minimum Gasteiger partial charge on any atom is -0.290 e. The standard InChI is InChI=1S/C7H6ClO/c8-7-3-1-6(5-9)2-4-7/h1,3-4,6H,2H2. The average molecular weight is 142 g/mol. The van der Waals surface area contributed by atoms with Gasteiger partial charge in [0.2, 0.25) is 6.29 Å². The van der Waals surface area contributed by atoms with E-state index in [1.165, 1.54) is 0 Å². The number of carbonyl (C=O) groups excluding carboxylic acids is 1. The summed E-state index contributed by atoms with van der Waals surface area (Å²) < 4.78 is 0. The van der Waals surface area contributed by atoms with Crippen LogP contribution in [0.15, 0.2) is 23.3 Å². The van der Waals surface area contributed by atoms with Crippen molar-refractivity contribution >= 4 is 17.9 Å². The molecule has 0 fully saturated rings. The SMILES string of the molecule is O=[C]C1C=CC(Cl)=CC1. The van der Waals surface area contributed by atoms with E-state index in [2.05, 4.69) is 0 Å². The predicted molar refractivity (Wildman–Crippen MR) is 36.9 cm³/mol. The summed E-state index contributed by atoms with van der Waals surface area (Å²) in [6, 6.07) is 0. The topological polar surface area (TPSA) is 17.1 Å². The van der Waals surface area contributed by atoms with Crippen molar-refractivity contribution in [2.75, 3.05) is 0 Å². The lowest BCUT2D eigenvalue weighted by Gasteiger charge is -2.03. The molecule has 2 heteroatoms. The zero-order chi connectivity index (χ0) is 6.69. The lowest BCUT2D eigenvalue weighted by atomic mass is 10.0. The molecule has 0 heterocycles. The van der Waals surface area contributed by atoms with Crippen LogP contribution in [0.4, 0.5) is 0 Å². The lowest BCUT2D eigenvalue weighted by molar-refractivity contribution is 0.538. The van der Waals surface area contributed by atoms with Gasteiger partial charge in [0.1, 0.15) is 0 Å². The van der Waals surface area contributed by atoms with Crippen LogP contribution in [0.5, 0.6) is 0 Å². The second kappa shape index (κ2) is 2.83. The van der Waals surface area contributed by atoms with E-state index in [0.717, 1.165) is 0 Å². The van der Waals surface area contributed by atoms with E-state index in [-0.39, 0.29) is 5.92 Å². The minimum absolute atomic E-state index is 0.0764. The molecule has 0 amide bonds. The van der Waals surface area contributed by atoms with Gasteiger partial charge in [-0.1, -0.05) is 23.8 Å². The maximum Gasteiger partial charge on any atom is 0.206 e. The number of hydrogen-bond acceptors (Lipinski definition) is 1. The van der Waals surface area contributed by atoms with Crippen LogP contribution < -0.4 is 0 Å². The molecule has 1 rings (SSSR count). The van der Waals surface area contributed by atoms with Crippen molar-refractivity contribution in [1.82, 2.24) is 0 Å². The van der Waals surface area contributed by atoms with E-state index in [1.54, 1.807) is 12.2 Å². The monoisotopic (exact) mass is 141 g/mol. The highest BCUT2D eigenvalue weighted by Crippen LogP contribution is 2.16. The van der Waals surface area contributed by atoms with Crippen molar-refractivity contribution in [3.8, 4) is 0 Å². The van der Waals surface area contributed by atoms with Gasteiger partial charge in [-0.2, -0.15) is 0 Å². The molecule has 0 bridgehead atoms. The first-order valence-electron chi connectivity index (χ1n) is 2.74. The summed E-state index contributed by atoms with van der Waals surface area (Å²) in [5.74, 6) is -0.0764. The molecule has 9 heavy (non-hydrogen) atoms. The lowest BCUT2D eigenvalue weighted by Crippen LogP contribution is -1.98. The average Bonchev–Trinajstić information content (AvgIpc) is 1.90. The van der Waals surface area contributed by atoms with Gasteiger partial charge < -0.3 is 0 Å². The molecule has 1 nitrogen and oxygen atoms in total. The Hall–Kier alpha value is -0.560. The highest BCUT2D eigenvalue weighted by atomic mass is 35.5. The summed E-state index contributed by atoms with van der Waals surface area (Å²) in [6.07, 6.45) is 7.88. The number of halogens is 1.